The molecule has 10 nitrogen and oxygen atoms in total. The average Bonchev–Trinajstić information content (AvgIpc) is 3.16. The van der Waals surface area contributed by atoms with Gasteiger partial charge < -0.3 is 14.4 Å². The van der Waals surface area contributed by atoms with Gasteiger partial charge in [-0.1, -0.05) is 0 Å². The first kappa shape index (κ1) is 23.0. The second-order valence-corrected chi connectivity index (χ2v) is 9.73. The van der Waals surface area contributed by atoms with Crippen molar-refractivity contribution in [2.45, 2.75) is 25.7 Å². The molecule has 1 aliphatic rings. The molecule has 1 aromatic carbocycles. The number of ether oxygens (including phenoxy) is 2. The Hall–Kier alpha value is -3.18. The maximum Gasteiger partial charge on any atom is 0.246 e. The Morgan fingerprint density at radius 3 is 2.21 bits per heavy atom. The largest absolute Gasteiger partial charge is 0.497 e. The van der Waals surface area contributed by atoms with E-state index < -0.39 is 10.0 Å². The maximum atomic E-state index is 13.3. The molecule has 4 rings (SSSR count). The quantitative estimate of drug-likeness (QED) is 0.538. The molecule has 1 saturated heterocycles. The topological polar surface area (TPSA) is 103 Å². The van der Waals surface area contributed by atoms with Crippen molar-refractivity contribution in [3.05, 3.63) is 47.8 Å². The molecule has 2 aromatic heterocycles. The van der Waals surface area contributed by atoms with Crippen molar-refractivity contribution in [3.8, 4) is 17.3 Å². The fourth-order valence-electron chi connectivity index (χ4n) is 3.84. The van der Waals surface area contributed by atoms with Crippen molar-refractivity contribution >= 4 is 15.8 Å². The monoisotopic (exact) mass is 472 g/mol. The predicted octanol–water partition coefficient (Wildman–Crippen LogP) is 2.12. The van der Waals surface area contributed by atoms with E-state index in [4.69, 9.17) is 9.47 Å². The number of aromatic nitrogens is 4. The average molecular weight is 473 g/mol. The van der Waals surface area contributed by atoms with Crippen LogP contribution in [0.4, 0.5) is 5.82 Å². The summed E-state index contributed by atoms with van der Waals surface area (Å²) in [5.41, 5.74) is 1.96. The Morgan fingerprint density at radius 1 is 0.909 bits per heavy atom. The van der Waals surface area contributed by atoms with Gasteiger partial charge in [0.05, 0.1) is 19.9 Å². The summed E-state index contributed by atoms with van der Waals surface area (Å²) in [5.74, 6) is 2.95. The van der Waals surface area contributed by atoms with E-state index in [0.717, 1.165) is 23.0 Å². The van der Waals surface area contributed by atoms with E-state index in [9.17, 15) is 8.42 Å². The Labute approximate surface area is 193 Å². The Balaban J connectivity index is 1.54. The molecule has 0 saturated carbocycles. The third kappa shape index (κ3) is 4.38. The highest BCUT2D eigenvalue weighted by Gasteiger charge is 2.31. The van der Waals surface area contributed by atoms with E-state index in [1.54, 1.807) is 18.5 Å². The van der Waals surface area contributed by atoms with Crippen LogP contribution < -0.4 is 14.4 Å². The number of methoxy groups -OCH3 is 2. The number of piperazine rings is 1. The molecule has 0 unspecified atom stereocenters. The first-order valence-corrected chi connectivity index (χ1v) is 12.0. The highest BCUT2D eigenvalue weighted by atomic mass is 32.2. The smallest absolute Gasteiger partial charge is 0.246 e. The fraction of sp³-hybridized carbons (Fsp3) is 0.409. The van der Waals surface area contributed by atoms with Gasteiger partial charge in [-0.15, -0.1) is 0 Å². The van der Waals surface area contributed by atoms with E-state index in [0.29, 0.717) is 37.8 Å². The summed E-state index contributed by atoms with van der Waals surface area (Å²) in [6, 6.07) is 6.64. The summed E-state index contributed by atoms with van der Waals surface area (Å²) in [7, 11) is -0.742. The highest BCUT2D eigenvalue weighted by Crippen LogP contribution is 2.31. The van der Waals surface area contributed by atoms with Crippen LogP contribution in [0.15, 0.2) is 35.5 Å². The van der Waals surface area contributed by atoms with Gasteiger partial charge in [0.2, 0.25) is 10.0 Å². The molecule has 1 aliphatic heterocycles. The number of hydrogen-bond donors (Lipinski definition) is 0. The minimum atomic E-state index is -3.72. The zero-order chi connectivity index (χ0) is 23.8. The van der Waals surface area contributed by atoms with Crippen molar-refractivity contribution < 1.29 is 17.9 Å². The van der Waals surface area contributed by atoms with Crippen LogP contribution in [-0.4, -0.2) is 72.6 Å². The van der Waals surface area contributed by atoms with Gasteiger partial charge in [-0.05, 0) is 32.9 Å². The zero-order valence-corrected chi connectivity index (χ0v) is 20.3. The lowest BCUT2D eigenvalue weighted by Crippen LogP contribution is -2.49. The van der Waals surface area contributed by atoms with Gasteiger partial charge in [0, 0.05) is 44.0 Å². The van der Waals surface area contributed by atoms with Crippen LogP contribution in [-0.2, 0) is 10.0 Å². The van der Waals surface area contributed by atoms with Crippen molar-refractivity contribution in [2.75, 3.05) is 45.3 Å². The molecule has 11 heteroatoms. The Kier molecular flexibility index (Phi) is 6.26. The normalized spacial score (nSPS) is 15.0. The van der Waals surface area contributed by atoms with E-state index in [-0.39, 0.29) is 10.6 Å². The maximum absolute atomic E-state index is 13.3. The van der Waals surface area contributed by atoms with E-state index >= 15 is 0 Å². The van der Waals surface area contributed by atoms with Gasteiger partial charge in [0.1, 0.15) is 40.2 Å². The molecule has 0 spiro atoms. The molecule has 3 heterocycles. The highest BCUT2D eigenvalue weighted by molar-refractivity contribution is 7.89. The van der Waals surface area contributed by atoms with Gasteiger partial charge >= 0.3 is 0 Å². The van der Waals surface area contributed by atoms with Crippen molar-refractivity contribution in [1.82, 2.24) is 23.8 Å². The molecule has 0 bridgehead atoms. The molecule has 176 valence electrons. The number of sulfonamides is 1. The van der Waals surface area contributed by atoms with E-state index in [2.05, 4.69) is 19.9 Å². The molecule has 1 fully saturated rings. The molecule has 0 amide bonds. The number of benzene rings is 1. The Morgan fingerprint density at radius 2 is 1.61 bits per heavy atom. The van der Waals surface area contributed by atoms with Crippen LogP contribution in [0.25, 0.3) is 5.82 Å². The molecule has 3 aromatic rings. The van der Waals surface area contributed by atoms with Crippen LogP contribution in [0, 0.1) is 20.8 Å². The number of aryl methyl sites for hydroxylation is 2. The van der Waals surface area contributed by atoms with Crippen molar-refractivity contribution in [2.24, 2.45) is 0 Å². The van der Waals surface area contributed by atoms with Gasteiger partial charge in [0.15, 0.2) is 0 Å². The predicted molar refractivity (Wildman–Crippen MR) is 124 cm³/mol. The lowest BCUT2D eigenvalue weighted by atomic mass is 10.3. The lowest BCUT2D eigenvalue weighted by Gasteiger charge is -2.35. The van der Waals surface area contributed by atoms with E-state index in [1.807, 2.05) is 31.4 Å². The number of imidazole rings is 1. The second-order valence-electron chi connectivity index (χ2n) is 7.82. The third-order valence-electron chi connectivity index (χ3n) is 5.86. The summed E-state index contributed by atoms with van der Waals surface area (Å²) >= 11 is 0. The number of nitrogens with zero attached hydrogens (tertiary/aromatic N) is 6. The van der Waals surface area contributed by atoms with Crippen LogP contribution in [0.2, 0.25) is 0 Å². The summed E-state index contributed by atoms with van der Waals surface area (Å²) < 4.78 is 40.5. The summed E-state index contributed by atoms with van der Waals surface area (Å²) in [5, 5.41) is 0. The van der Waals surface area contributed by atoms with Crippen LogP contribution in [0.5, 0.6) is 11.5 Å². The molecule has 0 aliphatic carbocycles. The molecule has 0 radical (unpaired) electrons. The SMILES string of the molecule is COc1ccc(S(=O)(=O)N2CCN(c3cc(-n4cnc(C)c4C)nc(C)n3)CC2)c(OC)c1. The van der Waals surface area contributed by atoms with Gasteiger partial charge in [-0.3, -0.25) is 4.57 Å². The van der Waals surface area contributed by atoms with Crippen molar-refractivity contribution in [1.29, 1.82) is 0 Å². The molecule has 0 N–H and O–H groups in total. The summed E-state index contributed by atoms with van der Waals surface area (Å²) in [6.45, 7) is 7.49. The molecule has 0 atom stereocenters. The first-order valence-electron chi connectivity index (χ1n) is 10.6. The van der Waals surface area contributed by atoms with Crippen LogP contribution in [0.3, 0.4) is 0 Å². The summed E-state index contributed by atoms with van der Waals surface area (Å²) in [4.78, 5) is 15.7. The second kappa shape index (κ2) is 8.99. The minimum absolute atomic E-state index is 0.130. The van der Waals surface area contributed by atoms with Crippen LogP contribution >= 0.6 is 0 Å². The number of anilines is 1. The lowest BCUT2D eigenvalue weighted by molar-refractivity contribution is 0.369. The van der Waals surface area contributed by atoms with E-state index in [1.165, 1.54) is 24.6 Å². The summed E-state index contributed by atoms with van der Waals surface area (Å²) in [6.07, 6.45) is 1.75. The van der Waals surface area contributed by atoms with Crippen LogP contribution in [0.1, 0.15) is 17.2 Å². The molecular formula is C22H28N6O4S. The van der Waals surface area contributed by atoms with Gasteiger partial charge in [0.25, 0.3) is 0 Å². The van der Waals surface area contributed by atoms with Gasteiger partial charge in [-0.25, -0.2) is 23.4 Å². The van der Waals surface area contributed by atoms with Crippen molar-refractivity contribution in [3.63, 3.8) is 0 Å². The number of rotatable bonds is 6. The minimum Gasteiger partial charge on any atom is -0.497 e. The standard InChI is InChI=1S/C22H28N6O4S/c1-15-16(2)28(14-23-15)22-13-21(24-17(3)25-22)26-8-10-27(11-9-26)33(29,30)20-7-6-18(31-4)12-19(20)32-5/h6-7,12-14H,8-11H2,1-5H3. The number of hydrogen-bond acceptors (Lipinski definition) is 8. The van der Waals surface area contributed by atoms with Gasteiger partial charge in [-0.2, -0.15) is 4.31 Å². The first-order chi connectivity index (χ1) is 15.7. The molecular weight excluding hydrogens is 444 g/mol. The fourth-order valence-corrected chi connectivity index (χ4v) is 5.39. The zero-order valence-electron chi connectivity index (χ0n) is 19.4. The molecule has 33 heavy (non-hydrogen) atoms. The Bertz CT molecular complexity index is 1270. The third-order valence-corrected chi connectivity index (χ3v) is 7.80.